The average molecular weight is 296 g/mol. The number of ether oxygens (including phenoxy) is 2. The molecule has 7 nitrogen and oxygen atoms in total. The van der Waals surface area contributed by atoms with Crippen molar-refractivity contribution in [3.05, 3.63) is 23.8 Å². The molecular formula is C14H20N2O5. The highest BCUT2D eigenvalue weighted by atomic mass is 16.5. The second kappa shape index (κ2) is 8.11. The van der Waals surface area contributed by atoms with E-state index in [0.29, 0.717) is 11.4 Å². The Hall–Kier alpha value is -2.28. The summed E-state index contributed by atoms with van der Waals surface area (Å²) in [7, 11) is 3.04. The van der Waals surface area contributed by atoms with Crippen LogP contribution in [0.1, 0.15) is 12.0 Å². The Morgan fingerprint density at radius 2 is 2.05 bits per heavy atom. The number of amides is 2. The van der Waals surface area contributed by atoms with Crippen LogP contribution in [0.25, 0.3) is 0 Å². The number of urea groups is 1. The topological polar surface area (TPSA) is 96.9 Å². The SMILES string of the molecule is COCCC(NC(=O)Nc1ccc(OC)c(C)c1)C(=O)O. The first-order chi connectivity index (χ1) is 9.97. The number of aliphatic carboxylic acids is 1. The number of carbonyl (C=O) groups excluding carboxylic acids is 1. The largest absolute Gasteiger partial charge is 0.496 e. The third-order valence-corrected chi connectivity index (χ3v) is 2.87. The maximum atomic E-state index is 11.8. The second-order valence-electron chi connectivity index (χ2n) is 4.46. The van der Waals surface area contributed by atoms with Gasteiger partial charge >= 0.3 is 12.0 Å². The van der Waals surface area contributed by atoms with Crippen LogP contribution in [0.2, 0.25) is 0 Å². The van der Waals surface area contributed by atoms with Crippen molar-refractivity contribution in [1.29, 1.82) is 0 Å². The van der Waals surface area contributed by atoms with Gasteiger partial charge in [0, 0.05) is 25.8 Å². The van der Waals surface area contributed by atoms with Crippen molar-refractivity contribution >= 4 is 17.7 Å². The molecule has 1 atom stereocenters. The maximum Gasteiger partial charge on any atom is 0.326 e. The minimum absolute atomic E-state index is 0.195. The summed E-state index contributed by atoms with van der Waals surface area (Å²) in [4.78, 5) is 22.8. The van der Waals surface area contributed by atoms with Gasteiger partial charge in [-0.2, -0.15) is 0 Å². The van der Waals surface area contributed by atoms with E-state index in [1.165, 1.54) is 7.11 Å². The number of nitrogens with one attached hydrogen (secondary N) is 2. The van der Waals surface area contributed by atoms with Gasteiger partial charge in [0.05, 0.1) is 7.11 Å². The first kappa shape index (κ1) is 16.8. The lowest BCUT2D eigenvalue weighted by molar-refractivity contribution is -0.139. The van der Waals surface area contributed by atoms with Crippen molar-refractivity contribution in [2.45, 2.75) is 19.4 Å². The molecule has 0 aliphatic carbocycles. The molecule has 3 N–H and O–H groups in total. The smallest absolute Gasteiger partial charge is 0.326 e. The fraction of sp³-hybridized carbons (Fsp3) is 0.429. The monoisotopic (exact) mass is 296 g/mol. The zero-order chi connectivity index (χ0) is 15.8. The van der Waals surface area contributed by atoms with Gasteiger partial charge < -0.3 is 25.2 Å². The van der Waals surface area contributed by atoms with Gasteiger partial charge in [-0.15, -0.1) is 0 Å². The number of carboxylic acid groups (broad SMARTS) is 1. The molecule has 0 aliphatic rings. The fourth-order valence-electron chi connectivity index (χ4n) is 1.77. The molecule has 1 rings (SSSR count). The van der Waals surface area contributed by atoms with Crippen LogP contribution in [-0.4, -0.2) is 44.0 Å². The molecule has 0 bridgehead atoms. The number of carbonyl (C=O) groups is 2. The number of hydrogen-bond acceptors (Lipinski definition) is 4. The highest BCUT2D eigenvalue weighted by Crippen LogP contribution is 2.21. The Morgan fingerprint density at radius 1 is 1.33 bits per heavy atom. The van der Waals surface area contributed by atoms with Crippen LogP contribution in [0, 0.1) is 6.92 Å². The van der Waals surface area contributed by atoms with Gasteiger partial charge in [0.1, 0.15) is 11.8 Å². The highest BCUT2D eigenvalue weighted by molar-refractivity contribution is 5.92. The molecule has 0 heterocycles. The number of anilines is 1. The number of methoxy groups -OCH3 is 2. The third kappa shape index (κ3) is 5.31. The number of rotatable bonds is 7. The summed E-state index contributed by atoms with van der Waals surface area (Å²) in [6.07, 6.45) is 0.195. The Labute approximate surface area is 123 Å². The van der Waals surface area contributed by atoms with Crippen molar-refractivity contribution < 1.29 is 24.2 Å². The summed E-state index contributed by atoms with van der Waals surface area (Å²) in [6, 6.07) is 3.57. The number of benzene rings is 1. The van der Waals surface area contributed by atoms with Crippen molar-refractivity contribution in [2.24, 2.45) is 0 Å². The number of carboxylic acids is 1. The first-order valence-corrected chi connectivity index (χ1v) is 6.41. The highest BCUT2D eigenvalue weighted by Gasteiger charge is 2.19. The third-order valence-electron chi connectivity index (χ3n) is 2.87. The van der Waals surface area contributed by atoms with E-state index in [-0.39, 0.29) is 13.0 Å². The van der Waals surface area contributed by atoms with Crippen LogP contribution >= 0.6 is 0 Å². The van der Waals surface area contributed by atoms with E-state index >= 15 is 0 Å². The van der Waals surface area contributed by atoms with Gasteiger partial charge in [0.15, 0.2) is 0 Å². The van der Waals surface area contributed by atoms with Gasteiger partial charge in [-0.25, -0.2) is 9.59 Å². The Morgan fingerprint density at radius 3 is 2.57 bits per heavy atom. The first-order valence-electron chi connectivity index (χ1n) is 6.41. The predicted octanol–water partition coefficient (Wildman–Crippen LogP) is 1.61. The van der Waals surface area contributed by atoms with Gasteiger partial charge in [-0.05, 0) is 30.7 Å². The molecule has 1 aromatic rings. The van der Waals surface area contributed by atoms with Crippen molar-refractivity contribution in [2.75, 3.05) is 26.1 Å². The molecule has 0 saturated heterocycles. The molecule has 7 heteroatoms. The standard InChI is InChI=1S/C14H20N2O5/c1-9-8-10(4-5-12(9)21-3)15-14(19)16-11(13(17)18)6-7-20-2/h4-5,8,11H,6-7H2,1-3H3,(H,17,18)(H2,15,16,19). The van der Waals surface area contributed by atoms with Crippen molar-refractivity contribution in [3.63, 3.8) is 0 Å². The van der Waals surface area contributed by atoms with Gasteiger partial charge in [-0.3, -0.25) is 0 Å². The molecule has 116 valence electrons. The molecule has 2 amide bonds. The fourth-order valence-corrected chi connectivity index (χ4v) is 1.77. The van der Waals surface area contributed by atoms with Crippen LogP contribution in [0.5, 0.6) is 5.75 Å². The van der Waals surface area contributed by atoms with Crippen LogP contribution in [-0.2, 0) is 9.53 Å². The van der Waals surface area contributed by atoms with E-state index in [1.807, 2.05) is 6.92 Å². The predicted molar refractivity (Wildman–Crippen MR) is 77.8 cm³/mol. The minimum Gasteiger partial charge on any atom is -0.496 e. The molecule has 1 aromatic carbocycles. The van der Waals surface area contributed by atoms with E-state index in [0.717, 1.165) is 5.56 Å². The quantitative estimate of drug-likeness (QED) is 0.710. The van der Waals surface area contributed by atoms with Gasteiger partial charge in [0.25, 0.3) is 0 Å². The summed E-state index contributed by atoms with van der Waals surface area (Å²) in [5.41, 5.74) is 1.42. The van der Waals surface area contributed by atoms with Gasteiger partial charge in [0.2, 0.25) is 0 Å². The second-order valence-corrected chi connectivity index (χ2v) is 4.46. The van der Waals surface area contributed by atoms with Crippen molar-refractivity contribution in [3.8, 4) is 5.75 Å². The molecule has 0 aromatic heterocycles. The molecular weight excluding hydrogens is 276 g/mol. The van der Waals surface area contributed by atoms with E-state index in [4.69, 9.17) is 14.6 Å². The van der Waals surface area contributed by atoms with Crippen LogP contribution in [0.3, 0.4) is 0 Å². The maximum absolute atomic E-state index is 11.8. The minimum atomic E-state index is -1.10. The molecule has 0 fully saturated rings. The molecule has 0 saturated carbocycles. The lowest BCUT2D eigenvalue weighted by atomic mass is 10.2. The summed E-state index contributed by atoms with van der Waals surface area (Å²) in [5.74, 6) is -0.391. The van der Waals surface area contributed by atoms with E-state index < -0.39 is 18.0 Å². The van der Waals surface area contributed by atoms with Crippen LogP contribution < -0.4 is 15.4 Å². The normalized spacial score (nSPS) is 11.6. The zero-order valence-corrected chi connectivity index (χ0v) is 12.3. The van der Waals surface area contributed by atoms with Crippen LogP contribution in [0.4, 0.5) is 10.5 Å². The lowest BCUT2D eigenvalue weighted by Crippen LogP contribution is -2.43. The Balaban J connectivity index is 2.63. The van der Waals surface area contributed by atoms with E-state index in [9.17, 15) is 9.59 Å². The number of hydrogen-bond donors (Lipinski definition) is 3. The van der Waals surface area contributed by atoms with Crippen LogP contribution in [0.15, 0.2) is 18.2 Å². The zero-order valence-electron chi connectivity index (χ0n) is 12.3. The van der Waals surface area contributed by atoms with E-state index in [1.54, 1.807) is 25.3 Å². The summed E-state index contributed by atoms with van der Waals surface area (Å²) in [5, 5.41) is 14.0. The molecule has 1 unspecified atom stereocenters. The number of aryl methyl sites for hydroxylation is 1. The van der Waals surface area contributed by atoms with E-state index in [2.05, 4.69) is 10.6 Å². The average Bonchev–Trinajstić information content (AvgIpc) is 2.43. The summed E-state index contributed by atoms with van der Waals surface area (Å²) < 4.78 is 9.94. The lowest BCUT2D eigenvalue weighted by Gasteiger charge is -2.15. The van der Waals surface area contributed by atoms with Gasteiger partial charge in [-0.1, -0.05) is 0 Å². The Bertz CT molecular complexity index is 504. The summed E-state index contributed by atoms with van der Waals surface area (Å²) >= 11 is 0. The molecule has 0 radical (unpaired) electrons. The summed E-state index contributed by atoms with van der Waals surface area (Å²) in [6.45, 7) is 2.10. The molecule has 0 spiro atoms. The Kier molecular flexibility index (Phi) is 6.48. The van der Waals surface area contributed by atoms with Crippen molar-refractivity contribution in [1.82, 2.24) is 5.32 Å². The molecule has 0 aliphatic heterocycles. The molecule has 21 heavy (non-hydrogen) atoms.